The van der Waals surface area contributed by atoms with Crippen molar-refractivity contribution in [3.05, 3.63) is 34.3 Å². The Morgan fingerprint density at radius 2 is 2.18 bits per heavy atom. The number of oxazole rings is 1. The summed E-state index contributed by atoms with van der Waals surface area (Å²) in [4.78, 5) is 26.6. The molecule has 0 spiro atoms. The predicted molar refractivity (Wildman–Crippen MR) is 62.5 cm³/mol. The van der Waals surface area contributed by atoms with Gasteiger partial charge < -0.3 is 15.1 Å². The normalized spacial score (nSPS) is 12.6. The number of benzene rings is 1. The largest absolute Gasteiger partial charge is 0.417 e. The summed E-state index contributed by atoms with van der Waals surface area (Å²) in [5, 5.41) is 0. The Morgan fingerprint density at radius 1 is 1.47 bits per heavy atom. The van der Waals surface area contributed by atoms with Crippen molar-refractivity contribution in [2.45, 2.75) is 6.04 Å². The zero-order chi connectivity index (χ0) is 12.6. The van der Waals surface area contributed by atoms with E-state index in [0.717, 1.165) is 0 Å². The molecule has 2 rings (SSSR count). The molecule has 1 aromatic carbocycles. The van der Waals surface area contributed by atoms with Crippen LogP contribution in [-0.2, 0) is 4.79 Å². The van der Waals surface area contributed by atoms with Gasteiger partial charge in [-0.15, -0.1) is 0 Å². The van der Waals surface area contributed by atoms with Gasteiger partial charge >= 0.3 is 5.76 Å². The van der Waals surface area contributed by atoms with E-state index in [1.165, 1.54) is 4.90 Å². The Morgan fingerprint density at radius 3 is 2.82 bits per heavy atom. The van der Waals surface area contributed by atoms with E-state index < -0.39 is 11.8 Å². The van der Waals surface area contributed by atoms with Crippen molar-refractivity contribution >= 4 is 17.0 Å². The third kappa shape index (κ3) is 2.07. The Hall–Kier alpha value is -2.08. The number of fused-ring (bicyclic) bond motifs is 1. The van der Waals surface area contributed by atoms with Gasteiger partial charge in [0.15, 0.2) is 5.58 Å². The van der Waals surface area contributed by atoms with Crippen molar-refractivity contribution in [2.75, 3.05) is 14.1 Å². The molecule has 0 aliphatic rings. The maximum Gasteiger partial charge on any atom is 0.417 e. The summed E-state index contributed by atoms with van der Waals surface area (Å²) in [5.74, 6) is -0.730. The van der Waals surface area contributed by atoms with Gasteiger partial charge in [0.2, 0.25) is 5.91 Å². The number of nitrogens with zero attached hydrogens (tertiary/aromatic N) is 1. The molecule has 6 nitrogen and oxygen atoms in total. The maximum atomic E-state index is 11.7. The third-order valence-corrected chi connectivity index (χ3v) is 2.51. The quantitative estimate of drug-likeness (QED) is 0.778. The number of aromatic amines is 1. The number of nitrogens with one attached hydrogen (secondary N) is 1. The predicted octanol–water partition coefficient (Wildman–Crippen LogP) is 0.209. The fourth-order valence-corrected chi connectivity index (χ4v) is 1.58. The van der Waals surface area contributed by atoms with Gasteiger partial charge in [-0.1, -0.05) is 6.07 Å². The summed E-state index contributed by atoms with van der Waals surface area (Å²) in [6.45, 7) is 0. The molecule has 1 atom stereocenters. The summed E-state index contributed by atoms with van der Waals surface area (Å²) in [6, 6.07) is 4.20. The molecule has 2 aromatic rings. The van der Waals surface area contributed by atoms with Gasteiger partial charge in [0.25, 0.3) is 0 Å². The van der Waals surface area contributed by atoms with Crippen LogP contribution in [-0.4, -0.2) is 29.9 Å². The number of carbonyl (C=O) groups is 1. The Kier molecular flexibility index (Phi) is 2.72. The van der Waals surface area contributed by atoms with Crippen LogP contribution in [0.5, 0.6) is 0 Å². The standard InChI is InChI=1S/C11H13N3O3/c1-14(2)10(15)9(12)6-3-4-7-8(5-6)17-11(16)13-7/h3-5,9H,12H2,1-2H3,(H,13,16). The highest BCUT2D eigenvalue weighted by atomic mass is 16.4. The molecule has 17 heavy (non-hydrogen) atoms. The third-order valence-electron chi connectivity index (χ3n) is 2.51. The van der Waals surface area contributed by atoms with Gasteiger partial charge in [-0.2, -0.15) is 0 Å². The lowest BCUT2D eigenvalue weighted by molar-refractivity contribution is -0.130. The van der Waals surface area contributed by atoms with Crippen molar-refractivity contribution in [1.82, 2.24) is 9.88 Å². The SMILES string of the molecule is CN(C)C(=O)C(N)c1ccc2[nH]c(=O)oc2c1. The minimum atomic E-state index is -0.755. The summed E-state index contributed by atoms with van der Waals surface area (Å²) in [6.07, 6.45) is 0. The first-order valence-corrected chi connectivity index (χ1v) is 5.08. The number of rotatable bonds is 2. The zero-order valence-corrected chi connectivity index (χ0v) is 9.56. The first-order valence-electron chi connectivity index (χ1n) is 5.08. The van der Waals surface area contributed by atoms with Gasteiger partial charge in [0.05, 0.1) is 5.52 Å². The summed E-state index contributed by atoms with van der Waals surface area (Å²) in [5.41, 5.74) is 7.41. The van der Waals surface area contributed by atoms with Crippen LogP contribution in [0, 0.1) is 0 Å². The number of amides is 1. The monoisotopic (exact) mass is 235 g/mol. The summed E-state index contributed by atoms with van der Waals surface area (Å²) in [7, 11) is 3.27. The lowest BCUT2D eigenvalue weighted by Crippen LogP contribution is -2.33. The van der Waals surface area contributed by atoms with Crippen molar-refractivity contribution in [3.63, 3.8) is 0 Å². The molecular formula is C11H13N3O3. The first-order chi connectivity index (χ1) is 7.99. The molecule has 0 saturated carbocycles. The molecule has 90 valence electrons. The van der Waals surface area contributed by atoms with Crippen molar-refractivity contribution in [1.29, 1.82) is 0 Å². The van der Waals surface area contributed by atoms with E-state index in [-0.39, 0.29) is 5.91 Å². The number of hydrogen-bond donors (Lipinski definition) is 2. The number of nitrogens with two attached hydrogens (primary N) is 1. The second kappa shape index (κ2) is 4.06. The smallest absolute Gasteiger partial charge is 0.408 e. The molecule has 0 fully saturated rings. The van der Waals surface area contributed by atoms with Crippen LogP contribution in [0.2, 0.25) is 0 Å². The fraction of sp³-hybridized carbons (Fsp3) is 0.273. The van der Waals surface area contributed by atoms with E-state index in [0.29, 0.717) is 16.7 Å². The Balaban J connectivity index is 2.42. The van der Waals surface area contributed by atoms with Crippen molar-refractivity contribution < 1.29 is 9.21 Å². The molecule has 0 aliphatic carbocycles. The van der Waals surface area contributed by atoms with Gasteiger partial charge in [0.1, 0.15) is 6.04 Å². The van der Waals surface area contributed by atoms with Crippen LogP contribution in [0.4, 0.5) is 0 Å². The van der Waals surface area contributed by atoms with Crippen LogP contribution in [0.25, 0.3) is 11.1 Å². The fourth-order valence-electron chi connectivity index (χ4n) is 1.58. The lowest BCUT2D eigenvalue weighted by atomic mass is 10.1. The molecule has 0 radical (unpaired) electrons. The first kappa shape index (κ1) is 11.4. The zero-order valence-electron chi connectivity index (χ0n) is 9.56. The van der Waals surface area contributed by atoms with E-state index >= 15 is 0 Å². The van der Waals surface area contributed by atoms with E-state index in [2.05, 4.69) is 4.98 Å². The van der Waals surface area contributed by atoms with Crippen LogP contribution in [0.3, 0.4) is 0 Å². The number of carbonyl (C=O) groups excluding carboxylic acids is 1. The van der Waals surface area contributed by atoms with Crippen molar-refractivity contribution in [2.24, 2.45) is 5.73 Å². The van der Waals surface area contributed by atoms with Gasteiger partial charge in [-0.3, -0.25) is 9.78 Å². The molecular weight excluding hydrogens is 222 g/mol. The molecule has 1 aromatic heterocycles. The molecule has 1 heterocycles. The molecule has 1 amide bonds. The number of hydrogen-bond acceptors (Lipinski definition) is 4. The summed E-state index contributed by atoms with van der Waals surface area (Å²) >= 11 is 0. The topological polar surface area (TPSA) is 92.3 Å². The minimum absolute atomic E-state index is 0.206. The van der Waals surface area contributed by atoms with Crippen LogP contribution >= 0.6 is 0 Å². The maximum absolute atomic E-state index is 11.7. The minimum Gasteiger partial charge on any atom is -0.408 e. The molecule has 0 aliphatic heterocycles. The van der Waals surface area contributed by atoms with E-state index in [4.69, 9.17) is 10.2 Å². The number of likely N-dealkylation sites (N-methyl/N-ethyl adjacent to an activating group) is 1. The average molecular weight is 235 g/mol. The second-order valence-electron chi connectivity index (χ2n) is 3.98. The van der Waals surface area contributed by atoms with E-state index in [1.807, 2.05) is 0 Å². The van der Waals surface area contributed by atoms with Gasteiger partial charge in [-0.05, 0) is 17.7 Å². The molecule has 1 unspecified atom stereocenters. The van der Waals surface area contributed by atoms with Crippen molar-refractivity contribution in [3.8, 4) is 0 Å². The Bertz CT molecular complexity index is 612. The lowest BCUT2D eigenvalue weighted by Gasteiger charge is -2.16. The average Bonchev–Trinajstić information content (AvgIpc) is 2.65. The van der Waals surface area contributed by atoms with E-state index in [9.17, 15) is 9.59 Å². The van der Waals surface area contributed by atoms with Crippen LogP contribution < -0.4 is 11.5 Å². The second-order valence-corrected chi connectivity index (χ2v) is 3.98. The number of H-pyrrole nitrogens is 1. The molecule has 3 N–H and O–H groups in total. The Labute approximate surface area is 97.0 Å². The van der Waals surface area contributed by atoms with Crippen LogP contribution in [0.1, 0.15) is 11.6 Å². The number of aromatic nitrogens is 1. The summed E-state index contributed by atoms with van der Waals surface area (Å²) < 4.78 is 4.91. The highest BCUT2D eigenvalue weighted by Gasteiger charge is 2.18. The molecule has 0 bridgehead atoms. The van der Waals surface area contributed by atoms with Gasteiger partial charge in [-0.25, -0.2) is 4.79 Å². The molecule has 6 heteroatoms. The van der Waals surface area contributed by atoms with Crippen LogP contribution in [0.15, 0.2) is 27.4 Å². The van der Waals surface area contributed by atoms with E-state index in [1.54, 1.807) is 32.3 Å². The molecule has 0 saturated heterocycles. The van der Waals surface area contributed by atoms with Gasteiger partial charge in [0, 0.05) is 14.1 Å². The highest BCUT2D eigenvalue weighted by Crippen LogP contribution is 2.18. The highest BCUT2D eigenvalue weighted by molar-refractivity contribution is 5.84.